The fourth-order valence-corrected chi connectivity index (χ4v) is 3.22. The van der Waals surface area contributed by atoms with Crippen LogP contribution in [0.15, 0.2) is 42.5 Å². The number of hydrogen-bond donors (Lipinski definition) is 1. The van der Waals surface area contributed by atoms with Gasteiger partial charge in [-0.05, 0) is 57.9 Å². The Balaban J connectivity index is 2.25. The predicted octanol–water partition coefficient (Wildman–Crippen LogP) is 3.93. The van der Waals surface area contributed by atoms with Crippen molar-refractivity contribution in [2.24, 2.45) is 0 Å². The third-order valence-corrected chi connectivity index (χ3v) is 4.50. The SMILES string of the molecule is Cc1cc(C)cc(CC(=O)N(Cc2ccc(F)cc2)[C@@H](C)C(=O)NC(C)C)c1. The average Bonchev–Trinajstić information content (AvgIpc) is 2.59. The lowest BCUT2D eigenvalue weighted by molar-refractivity contribution is -0.140. The molecule has 0 fully saturated rings. The zero-order valence-electron chi connectivity index (χ0n) is 17.3. The van der Waals surface area contributed by atoms with Gasteiger partial charge in [-0.3, -0.25) is 9.59 Å². The molecule has 4 nitrogen and oxygen atoms in total. The van der Waals surface area contributed by atoms with Crippen LogP contribution in [0, 0.1) is 19.7 Å². The first-order valence-electron chi connectivity index (χ1n) is 9.57. The van der Waals surface area contributed by atoms with Crippen LogP contribution >= 0.6 is 0 Å². The molecule has 2 amide bonds. The van der Waals surface area contributed by atoms with Gasteiger partial charge in [0.25, 0.3) is 0 Å². The fourth-order valence-electron chi connectivity index (χ4n) is 3.22. The van der Waals surface area contributed by atoms with Crippen molar-refractivity contribution >= 4 is 11.8 Å². The maximum atomic E-state index is 13.2. The first-order chi connectivity index (χ1) is 13.2. The van der Waals surface area contributed by atoms with E-state index in [9.17, 15) is 14.0 Å². The van der Waals surface area contributed by atoms with Gasteiger partial charge in [0, 0.05) is 12.6 Å². The molecule has 0 spiro atoms. The van der Waals surface area contributed by atoms with Crippen LogP contribution in [-0.4, -0.2) is 28.8 Å². The Labute approximate surface area is 166 Å². The summed E-state index contributed by atoms with van der Waals surface area (Å²) < 4.78 is 13.2. The largest absolute Gasteiger partial charge is 0.352 e. The summed E-state index contributed by atoms with van der Waals surface area (Å²) in [4.78, 5) is 27.2. The summed E-state index contributed by atoms with van der Waals surface area (Å²) in [6.07, 6.45) is 0.211. The summed E-state index contributed by atoms with van der Waals surface area (Å²) in [6, 6.07) is 11.4. The number of hydrogen-bond acceptors (Lipinski definition) is 2. The van der Waals surface area contributed by atoms with E-state index < -0.39 is 6.04 Å². The zero-order chi connectivity index (χ0) is 20.8. The lowest BCUT2D eigenvalue weighted by Crippen LogP contribution is -2.49. The minimum absolute atomic E-state index is 0.0165. The lowest BCUT2D eigenvalue weighted by atomic mass is 10.0. The Kier molecular flexibility index (Phi) is 7.32. The first-order valence-corrected chi connectivity index (χ1v) is 9.57. The van der Waals surface area contributed by atoms with E-state index in [0.29, 0.717) is 0 Å². The standard InChI is InChI=1S/C23H29FN2O2/c1-15(2)25-23(28)18(5)26(14-19-6-8-21(24)9-7-19)22(27)13-20-11-16(3)10-17(4)12-20/h6-12,15,18H,13-14H2,1-5H3,(H,25,28)/t18-/m0/s1. The maximum absolute atomic E-state index is 13.2. The van der Waals surface area contributed by atoms with Gasteiger partial charge in [-0.1, -0.05) is 41.5 Å². The molecule has 0 aliphatic carbocycles. The molecule has 1 N–H and O–H groups in total. The number of carbonyl (C=O) groups excluding carboxylic acids is 2. The highest BCUT2D eigenvalue weighted by atomic mass is 19.1. The van der Waals surface area contributed by atoms with Gasteiger partial charge in [0.15, 0.2) is 0 Å². The molecule has 5 heteroatoms. The number of amides is 2. The predicted molar refractivity (Wildman–Crippen MR) is 109 cm³/mol. The molecule has 0 bridgehead atoms. The van der Waals surface area contributed by atoms with Crippen molar-refractivity contribution in [2.45, 2.75) is 59.7 Å². The average molecular weight is 384 g/mol. The van der Waals surface area contributed by atoms with E-state index in [4.69, 9.17) is 0 Å². The molecule has 2 aromatic rings. The van der Waals surface area contributed by atoms with Crippen LogP contribution in [0.5, 0.6) is 0 Å². The van der Waals surface area contributed by atoms with E-state index in [1.54, 1.807) is 24.0 Å². The Morgan fingerprint density at radius 2 is 1.54 bits per heavy atom. The van der Waals surface area contributed by atoms with E-state index in [1.165, 1.54) is 12.1 Å². The van der Waals surface area contributed by atoms with E-state index in [0.717, 1.165) is 22.3 Å². The number of carbonyl (C=O) groups is 2. The van der Waals surface area contributed by atoms with Crippen molar-refractivity contribution in [3.8, 4) is 0 Å². The number of aryl methyl sites for hydroxylation is 2. The van der Waals surface area contributed by atoms with Crippen molar-refractivity contribution in [1.82, 2.24) is 10.2 Å². The highest BCUT2D eigenvalue weighted by Gasteiger charge is 2.26. The minimum Gasteiger partial charge on any atom is -0.352 e. The third-order valence-electron chi connectivity index (χ3n) is 4.50. The number of halogens is 1. The summed E-state index contributed by atoms with van der Waals surface area (Å²) in [6.45, 7) is 9.72. The molecule has 150 valence electrons. The summed E-state index contributed by atoms with van der Waals surface area (Å²) in [5, 5.41) is 2.86. The summed E-state index contributed by atoms with van der Waals surface area (Å²) >= 11 is 0. The van der Waals surface area contributed by atoms with Gasteiger partial charge in [0.2, 0.25) is 11.8 Å². The van der Waals surface area contributed by atoms with Crippen LogP contribution in [0.4, 0.5) is 4.39 Å². The van der Waals surface area contributed by atoms with Crippen molar-refractivity contribution in [3.05, 3.63) is 70.5 Å². The van der Waals surface area contributed by atoms with Gasteiger partial charge < -0.3 is 10.2 Å². The molecule has 0 unspecified atom stereocenters. The lowest BCUT2D eigenvalue weighted by Gasteiger charge is -2.29. The zero-order valence-corrected chi connectivity index (χ0v) is 17.3. The molecular weight excluding hydrogens is 355 g/mol. The Bertz CT molecular complexity index is 811. The highest BCUT2D eigenvalue weighted by Crippen LogP contribution is 2.15. The molecule has 0 aromatic heterocycles. The Morgan fingerprint density at radius 1 is 0.964 bits per heavy atom. The molecule has 0 saturated carbocycles. The van der Waals surface area contributed by atoms with E-state index in [1.807, 2.05) is 39.8 Å². The molecule has 0 radical (unpaired) electrons. The van der Waals surface area contributed by atoms with Crippen molar-refractivity contribution in [2.75, 3.05) is 0 Å². The number of rotatable bonds is 7. The third kappa shape index (κ3) is 6.19. The van der Waals surface area contributed by atoms with Crippen molar-refractivity contribution in [1.29, 1.82) is 0 Å². The highest BCUT2D eigenvalue weighted by molar-refractivity contribution is 5.88. The topological polar surface area (TPSA) is 49.4 Å². The van der Waals surface area contributed by atoms with Crippen molar-refractivity contribution < 1.29 is 14.0 Å². The Morgan fingerprint density at radius 3 is 2.07 bits per heavy atom. The quantitative estimate of drug-likeness (QED) is 0.786. The van der Waals surface area contributed by atoms with Crippen LogP contribution in [0.25, 0.3) is 0 Å². The monoisotopic (exact) mass is 384 g/mol. The normalized spacial score (nSPS) is 12.0. The summed E-state index contributed by atoms with van der Waals surface area (Å²) in [5.41, 5.74) is 3.89. The number of nitrogens with one attached hydrogen (secondary N) is 1. The van der Waals surface area contributed by atoms with Gasteiger partial charge in [-0.2, -0.15) is 0 Å². The molecule has 2 rings (SSSR count). The van der Waals surface area contributed by atoms with Crippen LogP contribution in [-0.2, 0) is 22.6 Å². The summed E-state index contributed by atoms with van der Waals surface area (Å²) in [7, 11) is 0. The molecule has 28 heavy (non-hydrogen) atoms. The van der Waals surface area contributed by atoms with E-state index in [-0.39, 0.29) is 36.6 Å². The van der Waals surface area contributed by atoms with Crippen LogP contribution < -0.4 is 5.32 Å². The molecule has 0 aliphatic heterocycles. The molecule has 0 heterocycles. The van der Waals surface area contributed by atoms with Gasteiger partial charge >= 0.3 is 0 Å². The first kappa shape index (κ1) is 21.6. The van der Waals surface area contributed by atoms with Crippen molar-refractivity contribution in [3.63, 3.8) is 0 Å². The summed E-state index contributed by atoms with van der Waals surface area (Å²) in [5.74, 6) is -0.672. The number of benzene rings is 2. The molecule has 2 aromatic carbocycles. The van der Waals surface area contributed by atoms with Gasteiger partial charge in [-0.15, -0.1) is 0 Å². The van der Waals surface area contributed by atoms with Gasteiger partial charge in [-0.25, -0.2) is 4.39 Å². The number of nitrogens with zero attached hydrogens (tertiary/aromatic N) is 1. The second-order valence-electron chi connectivity index (χ2n) is 7.66. The van der Waals surface area contributed by atoms with E-state index in [2.05, 4.69) is 11.4 Å². The smallest absolute Gasteiger partial charge is 0.242 e. The molecule has 0 saturated heterocycles. The Hall–Kier alpha value is -2.69. The van der Waals surface area contributed by atoms with E-state index >= 15 is 0 Å². The molecule has 0 aliphatic rings. The van der Waals surface area contributed by atoms with Crippen LogP contribution in [0.1, 0.15) is 43.0 Å². The second kappa shape index (κ2) is 9.49. The maximum Gasteiger partial charge on any atom is 0.242 e. The second-order valence-corrected chi connectivity index (χ2v) is 7.66. The van der Waals surface area contributed by atoms with Gasteiger partial charge in [0.05, 0.1) is 6.42 Å². The van der Waals surface area contributed by atoms with Gasteiger partial charge in [0.1, 0.15) is 11.9 Å². The van der Waals surface area contributed by atoms with Crippen LogP contribution in [0.2, 0.25) is 0 Å². The fraction of sp³-hybridized carbons (Fsp3) is 0.391. The minimum atomic E-state index is -0.633. The van der Waals surface area contributed by atoms with Crippen LogP contribution in [0.3, 0.4) is 0 Å². The molecule has 1 atom stereocenters. The molecular formula is C23H29FN2O2.